The molecule has 0 amide bonds. The lowest BCUT2D eigenvalue weighted by Crippen LogP contribution is -2.12. The highest BCUT2D eigenvalue weighted by atomic mass is 79.9. The van der Waals surface area contributed by atoms with Crippen LogP contribution in [0.5, 0.6) is 0 Å². The van der Waals surface area contributed by atoms with Gasteiger partial charge in [-0.25, -0.2) is 8.78 Å². The first kappa shape index (κ1) is 14.4. The minimum Gasteiger partial charge on any atom is -0.292 e. The fourth-order valence-electron chi connectivity index (χ4n) is 1.83. The second-order valence-corrected chi connectivity index (χ2v) is 5.06. The molecule has 0 heterocycles. The third kappa shape index (κ3) is 3.09. The molecule has 0 aromatic heterocycles. The number of nitriles is 1. The highest BCUT2D eigenvalue weighted by molar-refractivity contribution is 9.10. The van der Waals surface area contributed by atoms with Crippen LogP contribution in [0.1, 0.15) is 21.8 Å². The maximum Gasteiger partial charge on any atom is 0.184 e. The number of Topliss-reactive ketones (excluding diaryl/α,β-unsaturated/α-hetero) is 1. The van der Waals surface area contributed by atoms with Crippen molar-refractivity contribution in [2.75, 3.05) is 0 Å². The Morgan fingerprint density at radius 2 is 1.90 bits per heavy atom. The molecule has 2 nitrogen and oxygen atoms in total. The maximum absolute atomic E-state index is 13.3. The lowest BCUT2D eigenvalue weighted by atomic mass is 9.92. The number of carbonyl (C=O) groups is 1. The highest BCUT2D eigenvalue weighted by Gasteiger charge is 2.23. The van der Waals surface area contributed by atoms with Gasteiger partial charge in [0.1, 0.15) is 17.6 Å². The standard InChI is InChI=1S/C15H8BrF2NO/c16-11-4-10(6-13(18)7-11)15(20)14(8-19)9-2-1-3-12(17)5-9/h1-7,14H. The van der Waals surface area contributed by atoms with E-state index in [0.29, 0.717) is 4.47 Å². The number of nitrogens with zero attached hydrogens (tertiary/aromatic N) is 1. The summed E-state index contributed by atoms with van der Waals surface area (Å²) in [6.45, 7) is 0. The summed E-state index contributed by atoms with van der Waals surface area (Å²) >= 11 is 3.09. The molecule has 0 bridgehead atoms. The molecule has 20 heavy (non-hydrogen) atoms. The van der Waals surface area contributed by atoms with E-state index in [-0.39, 0.29) is 11.1 Å². The molecule has 1 unspecified atom stereocenters. The van der Waals surface area contributed by atoms with Crippen molar-refractivity contribution in [1.29, 1.82) is 5.26 Å². The Hall–Kier alpha value is -2.06. The Balaban J connectivity index is 2.42. The van der Waals surface area contributed by atoms with Crippen LogP contribution in [0, 0.1) is 23.0 Å². The Labute approximate surface area is 122 Å². The molecule has 0 aliphatic heterocycles. The van der Waals surface area contributed by atoms with E-state index in [1.807, 2.05) is 6.07 Å². The smallest absolute Gasteiger partial charge is 0.184 e. The van der Waals surface area contributed by atoms with Crippen LogP contribution < -0.4 is 0 Å². The fourth-order valence-corrected chi connectivity index (χ4v) is 2.30. The normalized spacial score (nSPS) is 11.7. The summed E-state index contributed by atoms with van der Waals surface area (Å²) in [5.41, 5.74) is 0.311. The van der Waals surface area contributed by atoms with E-state index in [2.05, 4.69) is 15.9 Å². The molecule has 2 aromatic carbocycles. The lowest BCUT2D eigenvalue weighted by Gasteiger charge is -2.09. The third-order valence-corrected chi connectivity index (χ3v) is 3.18. The van der Waals surface area contributed by atoms with Crippen LogP contribution >= 0.6 is 15.9 Å². The van der Waals surface area contributed by atoms with E-state index < -0.39 is 23.3 Å². The van der Waals surface area contributed by atoms with Gasteiger partial charge in [-0.15, -0.1) is 0 Å². The van der Waals surface area contributed by atoms with Crippen molar-refractivity contribution in [3.05, 3.63) is 69.7 Å². The Kier molecular flexibility index (Phi) is 4.26. The third-order valence-electron chi connectivity index (χ3n) is 2.72. The van der Waals surface area contributed by atoms with E-state index in [1.54, 1.807) is 0 Å². The topological polar surface area (TPSA) is 40.9 Å². The molecule has 0 aliphatic rings. The van der Waals surface area contributed by atoms with Gasteiger partial charge in [0, 0.05) is 10.0 Å². The van der Waals surface area contributed by atoms with Crippen LogP contribution in [0.3, 0.4) is 0 Å². The van der Waals surface area contributed by atoms with Crippen LogP contribution in [0.2, 0.25) is 0 Å². The molecule has 0 saturated carbocycles. The number of carbonyl (C=O) groups excluding carboxylic acids is 1. The molecule has 0 N–H and O–H groups in total. The van der Waals surface area contributed by atoms with Gasteiger partial charge in [-0.3, -0.25) is 4.79 Å². The zero-order chi connectivity index (χ0) is 14.7. The van der Waals surface area contributed by atoms with Crippen molar-refractivity contribution in [1.82, 2.24) is 0 Å². The second kappa shape index (κ2) is 5.93. The molecule has 100 valence electrons. The Morgan fingerprint density at radius 3 is 2.50 bits per heavy atom. The number of hydrogen-bond donors (Lipinski definition) is 0. The van der Waals surface area contributed by atoms with Crippen LogP contribution in [0.15, 0.2) is 46.9 Å². The van der Waals surface area contributed by atoms with Crippen LogP contribution in [-0.4, -0.2) is 5.78 Å². The maximum atomic E-state index is 13.3. The molecular formula is C15H8BrF2NO. The lowest BCUT2D eigenvalue weighted by molar-refractivity contribution is 0.0978. The van der Waals surface area contributed by atoms with Gasteiger partial charge in [0.2, 0.25) is 0 Å². The van der Waals surface area contributed by atoms with E-state index >= 15 is 0 Å². The molecule has 0 fully saturated rings. The van der Waals surface area contributed by atoms with Gasteiger partial charge < -0.3 is 0 Å². The molecule has 0 saturated heterocycles. The van der Waals surface area contributed by atoms with Crippen molar-refractivity contribution in [2.24, 2.45) is 0 Å². The zero-order valence-corrected chi connectivity index (χ0v) is 11.7. The largest absolute Gasteiger partial charge is 0.292 e. The molecule has 0 aliphatic carbocycles. The van der Waals surface area contributed by atoms with E-state index in [4.69, 9.17) is 5.26 Å². The first-order valence-corrected chi connectivity index (χ1v) is 6.46. The molecule has 0 radical (unpaired) electrons. The van der Waals surface area contributed by atoms with Crippen LogP contribution in [-0.2, 0) is 0 Å². The van der Waals surface area contributed by atoms with Crippen molar-refractivity contribution >= 4 is 21.7 Å². The summed E-state index contributed by atoms with van der Waals surface area (Å²) in [5.74, 6) is -2.85. The van der Waals surface area contributed by atoms with Crippen molar-refractivity contribution < 1.29 is 13.6 Å². The fraction of sp³-hybridized carbons (Fsp3) is 0.0667. The average molecular weight is 336 g/mol. The van der Waals surface area contributed by atoms with Gasteiger partial charge in [-0.05, 0) is 35.9 Å². The van der Waals surface area contributed by atoms with Gasteiger partial charge in [0.15, 0.2) is 5.78 Å². The Bertz CT molecular complexity index is 689. The number of ketones is 1. The SMILES string of the molecule is N#CC(C(=O)c1cc(F)cc(Br)c1)c1cccc(F)c1. The molecule has 0 spiro atoms. The van der Waals surface area contributed by atoms with Gasteiger partial charge >= 0.3 is 0 Å². The molecule has 2 rings (SSSR count). The van der Waals surface area contributed by atoms with Crippen LogP contribution in [0.4, 0.5) is 8.78 Å². The van der Waals surface area contributed by atoms with E-state index in [0.717, 1.165) is 12.1 Å². The minimum atomic E-state index is -1.17. The van der Waals surface area contributed by atoms with Gasteiger partial charge in [0.25, 0.3) is 0 Å². The summed E-state index contributed by atoms with van der Waals surface area (Å²) < 4.78 is 26.9. The van der Waals surface area contributed by atoms with Crippen molar-refractivity contribution in [3.8, 4) is 6.07 Å². The van der Waals surface area contributed by atoms with Gasteiger partial charge in [-0.2, -0.15) is 5.26 Å². The van der Waals surface area contributed by atoms with Gasteiger partial charge in [0.05, 0.1) is 6.07 Å². The summed E-state index contributed by atoms with van der Waals surface area (Å²) in [6, 6.07) is 10.8. The van der Waals surface area contributed by atoms with Gasteiger partial charge in [-0.1, -0.05) is 28.1 Å². The monoisotopic (exact) mass is 335 g/mol. The summed E-state index contributed by atoms with van der Waals surface area (Å²) in [7, 11) is 0. The predicted molar refractivity (Wildman–Crippen MR) is 73.2 cm³/mol. The first-order chi connectivity index (χ1) is 9.51. The summed E-state index contributed by atoms with van der Waals surface area (Å²) in [4.78, 5) is 12.3. The van der Waals surface area contributed by atoms with Crippen LogP contribution in [0.25, 0.3) is 0 Å². The summed E-state index contributed by atoms with van der Waals surface area (Å²) in [5, 5.41) is 9.14. The zero-order valence-electron chi connectivity index (χ0n) is 10.1. The number of rotatable bonds is 3. The average Bonchev–Trinajstić information content (AvgIpc) is 2.38. The quantitative estimate of drug-likeness (QED) is 0.788. The molecule has 5 heteroatoms. The van der Waals surface area contributed by atoms with E-state index in [9.17, 15) is 13.6 Å². The minimum absolute atomic E-state index is 0.0627. The van der Waals surface area contributed by atoms with E-state index in [1.165, 1.54) is 30.3 Å². The highest BCUT2D eigenvalue weighted by Crippen LogP contribution is 2.23. The molecular weight excluding hydrogens is 328 g/mol. The number of hydrogen-bond acceptors (Lipinski definition) is 2. The molecule has 2 aromatic rings. The Morgan fingerprint density at radius 1 is 1.15 bits per heavy atom. The molecule has 1 atom stereocenters. The number of benzene rings is 2. The number of halogens is 3. The first-order valence-electron chi connectivity index (χ1n) is 5.66. The van der Waals surface area contributed by atoms with Crippen molar-refractivity contribution in [3.63, 3.8) is 0 Å². The summed E-state index contributed by atoms with van der Waals surface area (Å²) in [6.07, 6.45) is 0. The predicted octanol–water partition coefficient (Wildman–Crippen LogP) is 4.22. The second-order valence-electron chi connectivity index (χ2n) is 4.14. The van der Waals surface area contributed by atoms with Crippen molar-refractivity contribution in [2.45, 2.75) is 5.92 Å².